The lowest BCUT2D eigenvalue weighted by Crippen LogP contribution is -2.48. The molecule has 2 aliphatic heterocycles. The molecule has 0 radical (unpaired) electrons. The smallest absolute Gasteiger partial charge is 0.340 e. The van der Waals surface area contributed by atoms with Gasteiger partial charge in [-0.25, -0.2) is 13.2 Å². The van der Waals surface area contributed by atoms with Crippen molar-refractivity contribution in [1.29, 1.82) is 0 Å². The second-order valence-electron chi connectivity index (χ2n) is 8.38. The highest BCUT2D eigenvalue weighted by atomic mass is 35.5. The lowest BCUT2D eigenvalue weighted by molar-refractivity contribution is -0.124. The predicted molar refractivity (Wildman–Crippen MR) is 131 cm³/mol. The molecular formula is C24H28ClN3O6S. The van der Waals surface area contributed by atoms with E-state index in [1.807, 2.05) is 30.3 Å². The number of halogens is 1. The average Bonchev–Trinajstić information content (AvgIpc) is 3.40. The Morgan fingerprint density at radius 3 is 2.51 bits per heavy atom. The summed E-state index contributed by atoms with van der Waals surface area (Å²) in [6.07, 6.45) is 1.80. The zero-order chi connectivity index (χ0) is 24.8. The van der Waals surface area contributed by atoms with Gasteiger partial charge in [0.25, 0.3) is 5.91 Å². The zero-order valence-electron chi connectivity index (χ0n) is 19.2. The van der Waals surface area contributed by atoms with Crippen LogP contribution in [-0.2, 0) is 24.3 Å². The van der Waals surface area contributed by atoms with Crippen molar-refractivity contribution in [3.8, 4) is 0 Å². The minimum Gasteiger partial charge on any atom is -0.452 e. The van der Waals surface area contributed by atoms with Crippen molar-refractivity contribution in [2.24, 2.45) is 0 Å². The molecule has 9 nitrogen and oxygen atoms in total. The third-order valence-corrected chi connectivity index (χ3v) is 8.26. The Morgan fingerprint density at radius 2 is 1.83 bits per heavy atom. The fourth-order valence-electron chi connectivity index (χ4n) is 4.09. The Hall–Kier alpha value is -2.66. The Morgan fingerprint density at radius 1 is 1.09 bits per heavy atom. The molecule has 0 aromatic heterocycles. The topological polar surface area (TPSA) is 105 Å². The summed E-state index contributed by atoms with van der Waals surface area (Å²) >= 11 is 6.14. The number of hydrogen-bond acceptors (Lipinski definition) is 7. The maximum absolute atomic E-state index is 13.2. The number of anilines is 1. The first-order chi connectivity index (χ1) is 16.8. The van der Waals surface area contributed by atoms with Crippen LogP contribution in [0.5, 0.6) is 0 Å². The van der Waals surface area contributed by atoms with Crippen LogP contribution in [0.2, 0.25) is 5.02 Å². The molecule has 2 fully saturated rings. The molecule has 2 aliphatic rings. The summed E-state index contributed by atoms with van der Waals surface area (Å²) in [7, 11) is -3.84. The Labute approximate surface area is 210 Å². The highest BCUT2D eigenvalue weighted by Gasteiger charge is 2.30. The molecule has 0 spiro atoms. The fraction of sp³-hybridized carbons (Fsp3) is 0.417. The number of carbonyl (C=O) groups excluding carboxylic acids is 2. The number of esters is 1. The average molecular weight is 522 g/mol. The van der Waals surface area contributed by atoms with Gasteiger partial charge >= 0.3 is 5.97 Å². The zero-order valence-corrected chi connectivity index (χ0v) is 20.8. The van der Waals surface area contributed by atoms with Crippen LogP contribution in [0.3, 0.4) is 0 Å². The summed E-state index contributed by atoms with van der Waals surface area (Å²) in [5.74, 6) is -1.33. The van der Waals surface area contributed by atoms with Crippen molar-refractivity contribution in [1.82, 2.24) is 9.62 Å². The molecule has 2 aromatic rings. The molecular weight excluding hydrogens is 494 g/mol. The molecule has 2 saturated heterocycles. The second kappa shape index (κ2) is 11.4. The normalized spacial score (nSPS) is 18.9. The quantitative estimate of drug-likeness (QED) is 0.531. The highest BCUT2D eigenvalue weighted by molar-refractivity contribution is 7.89. The van der Waals surface area contributed by atoms with E-state index in [1.165, 1.54) is 22.5 Å². The number of nitrogens with one attached hydrogen (secondary N) is 1. The third-order valence-electron chi connectivity index (χ3n) is 6.04. The minimum absolute atomic E-state index is 0.0273. The van der Waals surface area contributed by atoms with Crippen molar-refractivity contribution >= 4 is 39.2 Å². The van der Waals surface area contributed by atoms with E-state index in [0.717, 1.165) is 18.5 Å². The molecule has 4 rings (SSSR count). The van der Waals surface area contributed by atoms with Crippen LogP contribution in [0, 0.1) is 0 Å². The summed E-state index contributed by atoms with van der Waals surface area (Å²) in [5, 5.41) is 2.70. The van der Waals surface area contributed by atoms with Crippen LogP contribution < -0.4 is 10.2 Å². The summed E-state index contributed by atoms with van der Waals surface area (Å²) in [5.41, 5.74) is 0.934. The summed E-state index contributed by atoms with van der Waals surface area (Å²) in [6.45, 7) is 2.24. The van der Waals surface area contributed by atoms with E-state index in [9.17, 15) is 18.0 Å². The molecule has 11 heteroatoms. The number of sulfonamides is 1. The van der Waals surface area contributed by atoms with E-state index < -0.39 is 28.5 Å². The summed E-state index contributed by atoms with van der Waals surface area (Å²) in [6, 6.07) is 13.7. The number of ether oxygens (including phenoxy) is 2. The Balaban J connectivity index is 1.36. The van der Waals surface area contributed by atoms with Crippen molar-refractivity contribution < 1.29 is 27.5 Å². The minimum atomic E-state index is -3.84. The Bertz CT molecular complexity index is 1150. The van der Waals surface area contributed by atoms with Crippen LogP contribution in [-0.4, -0.2) is 76.6 Å². The van der Waals surface area contributed by atoms with E-state index in [1.54, 1.807) is 0 Å². The number of piperazine rings is 1. The lowest BCUT2D eigenvalue weighted by atomic mass is 10.2. The van der Waals surface area contributed by atoms with E-state index in [0.29, 0.717) is 39.3 Å². The number of rotatable bonds is 8. The van der Waals surface area contributed by atoms with Gasteiger partial charge in [0.15, 0.2) is 6.61 Å². The number of nitrogens with zero attached hydrogens (tertiary/aromatic N) is 2. The Kier molecular flexibility index (Phi) is 8.27. The van der Waals surface area contributed by atoms with Crippen molar-refractivity contribution in [3.05, 3.63) is 59.1 Å². The highest BCUT2D eigenvalue weighted by Crippen LogP contribution is 2.25. The molecule has 2 heterocycles. The van der Waals surface area contributed by atoms with Crippen LogP contribution >= 0.6 is 11.6 Å². The maximum Gasteiger partial charge on any atom is 0.340 e. The first kappa shape index (κ1) is 25.4. The largest absolute Gasteiger partial charge is 0.452 e. The van der Waals surface area contributed by atoms with Gasteiger partial charge in [-0.3, -0.25) is 4.79 Å². The SMILES string of the molecule is O=C(COC(=O)c1cc(S(=O)(=O)N2CCN(c3ccccc3)CC2)ccc1Cl)NCC1CCCO1. The predicted octanol–water partition coefficient (Wildman–Crippen LogP) is 2.30. The number of amides is 1. The molecule has 2 aromatic carbocycles. The van der Waals surface area contributed by atoms with Gasteiger partial charge in [0.05, 0.1) is 21.6 Å². The number of benzene rings is 2. The van der Waals surface area contributed by atoms with Gasteiger partial charge in [-0.05, 0) is 43.2 Å². The molecule has 1 N–H and O–H groups in total. The van der Waals surface area contributed by atoms with Crippen molar-refractivity contribution in [2.45, 2.75) is 23.8 Å². The first-order valence-corrected chi connectivity index (χ1v) is 13.3. The fourth-order valence-corrected chi connectivity index (χ4v) is 5.73. The molecule has 1 atom stereocenters. The van der Waals surface area contributed by atoms with Crippen LogP contribution in [0.4, 0.5) is 5.69 Å². The van der Waals surface area contributed by atoms with E-state index in [2.05, 4.69) is 10.2 Å². The van der Waals surface area contributed by atoms with Gasteiger partial charge in [0.1, 0.15) is 0 Å². The molecule has 0 bridgehead atoms. The van der Waals surface area contributed by atoms with Gasteiger partial charge < -0.3 is 19.7 Å². The van der Waals surface area contributed by atoms with Gasteiger partial charge in [0, 0.05) is 45.0 Å². The third kappa shape index (κ3) is 6.32. The van der Waals surface area contributed by atoms with Crippen LogP contribution in [0.15, 0.2) is 53.4 Å². The van der Waals surface area contributed by atoms with E-state index in [4.69, 9.17) is 21.1 Å². The van der Waals surface area contributed by atoms with Gasteiger partial charge in [-0.2, -0.15) is 4.31 Å². The van der Waals surface area contributed by atoms with Crippen LogP contribution in [0.25, 0.3) is 0 Å². The van der Waals surface area contributed by atoms with Gasteiger partial charge in [0.2, 0.25) is 10.0 Å². The molecule has 188 valence electrons. The van der Waals surface area contributed by atoms with E-state index >= 15 is 0 Å². The first-order valence-electron chi connectivity index (χ1n) is 11.5. The number of carbonyl (C=O) groups is 2. The van der Waals surface area contributed by atoms with Crippen LogP contribution in [0.1, 0.15) is 23.2 Å². The second-order valence-corrected chi connectivity index (χ2v) is 10.7. The van der Waals surface area contributed by atoms with Crippen molar-refractivity contribution in [2.75, 3.05) is 50.8 Å². The maximum atomic E-state index is 13.2. The number of hydrogen-bond donors (Lipinski definition) is 1. The molecule has 1 amide bonds. The summed E-state index contributed by atoms with van der Waals surface area (Å²) < 4.78 is 38.4. The van der Waals surface area contributed by atoms with Gasteiger partial charge in [-0.1, -0.05) is 29.8 Å². The molecule has 35 heavy (non-hydrogen) atoms. The van der Waals surface area contributed by atoms with Gasteiger partial charge in [-0.15, -0.1) is 0 Å². The molecule has 0 saturated carbocycles. The van der Waals surface area contributed by atoms with E-state index in [-0.39, 0.29) is 21.6 Å². The molecule has 1 unspecified atom stereocenters. The number of para-hydroxylation sites is 1. The monoisotopic (exact) mass is 521 g/mol. The van der Waals surface area contributed by atoms with Crippen molar-refractivity contribution in [3.63, 3.8) is 0 Å². The molecule has 0 aliphatic carbocycles. The summed E-state index contributed by atoms with van der Waals surface area (Å²) in [4.78, 5) is 26.6. The standard InChI is InChI=1S/C24H28ClN3O6S/c25-22-9-8-20(15-21(22)24(30)34-17-23(29)26-16-19-7-4-14-33-19)35(31,32)28-12-10-27(11-13-28)18-5-2-1-3-6-18/h1-3,5-6,8-9,15,19H,4,7,10-14,16-17H2,(H,26,29). The lowest BCUT2D eigenvalue weighted by Gasteiger charge is -2.35.